The van der Waals surface area contributed by atoms with Crippen molar-refractivity contribution in [3.8, 4) is 0 Å². The van der Waals surface area contributed by atoms with Crippen LogP contribution in [-0.2, 0) is 9.59 Å². The van der Waals surface area contributed by atoms with Gasteiger partial charge in [-0.25, -0.2) is 0 Å². The number of benzene rings is 1. The molecule has 5 heteroatoms. The lowest BCUT2D eigenvalue weighted by molar-refractivity contribution is -0.127. The van der Waals surface area contributed by atoms with Crippen LogP contribution in [0.1, 0.15) is 58.3 Å². The fourth-order valence-corrected chi connectivity index (χ4v) is 6.61. The Balaban J connectivity index is 1.20. The third-order valence-electron chi connectivity index (χ3n) is 7.46. The molecule has 6 rings (SSSR count). The molecule has 1 aliphatic heterocycles. The maximum absolute atomic E-state index is 12.9. The average Bonchev–Trinajstić information content (AvgIpc) is 3.07. The van der Waals surface area contributed by atoms with Gasteiger partial charge in [0.25, 0.3) is 0 Å². The highest BCUT2D eigenvalue weighted by Crippen LogP contribution is 2.55. The normalized spacial score (nSPS) is 34.5. The van der Waals surface area contributed by atoms with E-state index in [0.29, 0.717) is 6.42 Å². The van der Waals surface area contributed by atoms with Crippen LogP contribution in [0.4, 0.5) is 11.4 Å². The first-order valence-electron chi connectivity index (χ1n) is 11.0. The van der Waals surface area contributed by atoms with Gasteiger partial charge in [-0.15, -0.1) is 0 Å². The largest absolute Gasteiger partial charge is 0.374 e. The monoisotopic (exact) mass is 381 g/mol. The van der Waals surface area contributed by atoms with Crippen LogP contribution in [0.2, 0.25) is 0 Å². The van der Waals surface area contributed by atoms with Crippen LogP contribution in [0.25, 0.3) is 0 Å². The molecule has 5 aliphatic rings. The number of hydrogen-bond donors (Lipinski definition) is 2. The molecule has 1 saturated heterocycles. The van der Waals surface area contributed by atoms with E-state index < -0.39 is 0 Å². The van der Waals surface area contributed by atoms with E-state index in [1.165, 1.54) is 38.5 Å². The summed E-state index contributed by atoms with van der Waals surface area (Å²) < 4.78 is 0. The van der Waals surface area contributed by atoms with Crippen LogP contribution in [0, 0.1) is 17.8 Å². The summed E-state index contributed by atoms with van der Waals surface area (Å²) in [5.74, 6) is 2.80. The van der Waals surface area contributed by atoms with E-state index in [2.05, 4.69) is 10.6 Å². The minimum absolute atomic E-state index is 0.0573. The fourth-order valence-electron chi connectivity index (χ4n) is 6.61. The van der Waals surface area contributed by atoms with E-state index in [-0.39, 0.29) is 23.4 Å². The Morgan fingerprint density at radius 1 is 1.07 bits per heavy atom. The number of carbonyl (C=O) groups is 2. The smallest absolute Gasteiger partial charge is 0.242 e. The maximum Gasteiger partial charge on any atom is 0.242 e. The zero-order valence-electron chi connectivity index (χ0n) is 16.7. The molecule has 0 radical (unpaired) electrons. The van der Waals surface area contributed by atoms with E-state index in [1.807, 2.05) is 36.1 Å². The lowest BCUT2D eigenvalue weighted by atomic mass is 9.53. The van der Waals surface area contributed by atoms with Gasteiger partial charge in [-0.2, -0.15) is 0 Å². The molecule has 1 aromatic rings. The Hall–Kier alpha value is -2.04. The SMILES string of the molecule is C[C@H](Nc1ccc(N2CCCC2=O)cc1)C(=O)NC12CC3CC(CC(C3)C1)C2. The van der Waals surface area contributed by atoms with Crippen molar-refractivity contribution in [1.82, 2.24) is 5.32 Å². The average molecular weight is 382 g/mol. The molecule has 4 bridgehead atoms. The number of carbonyl (C=O) groups excluding carboxylic acids is 2. The highest BCUT2D eigenvalue weighted by Gasteiger charge is 2.51. The standard InChI is InChI=1S/C23H31N3O2/c1-15(24-19-4-6-20(7-5-19)26-8-2-3-21(26)27)22(28)25-23-12-16-9-17(13-23)11-18(10-16)14-23/h4-7,15-18,24H,2-3,8-14H2,1H3,(H,25,28)/t15-,16?,17?,18?,23?/m0/s1. The van der Waals surface area contributed by atoms with Crippen molar-refractivity contribution >= 4 is 23.2 Å². The summed E-state index contributed by atoms with van der Waals surface area (Å²) in [4.78, 5) is 26.7. The molecule has 5 nitrogen and oxygen atoms in total. The van der Waals surface area contributed by atoms with Gasteiger partial charge in [0, 0.05) is 29.9 Å². The van der Waals surface area contributed by atoms with Crippen LogP contribution in [-0.4, -0.2) is 29.9 Å². The van der Waals surface area contributed by atoms with Crippen molar-refractivity contribution in [3.05, 3.63) is 24.3 Å². The minimum atomic E-state index is -0.271. The Kier molecular flexibility index (Phi) is 4.37. The van der Waals surface area contributed by atoms with Crippen LogP contribution in [0.15, 0.2) is 24.3 Å². The molecule has 0 aromatic heterocycles. The molecular formula is C23H31N3O2. The predicted octanol–water partition coefficient (Wildman–Crippen LogP) is 3.70. The molecule has 0 spiro atoms. The van der Waals surface area contributed by atoms with Gasteiger partial charge in [0.2, 0.25) is 11.8 Å². The van der Waals surface area contributed by atoms with Gasteiger partial charge in [-0.1, -0.05) is 0 Å². The Bertz CT molecular complexity index is 737. The third kappa shape index (κ3) is 3.29. The molecule has 150 valence electrons. The minimum Gasteiger partial charge on any atom is -0.374 e. The summed E-state index contributed by atoms with van der Waals surface area (Å²) in [7, 11) is 0. The molecule has 5 fully saturated rings. The summed E-state index contributed by atoms with van der Waals surface area (Å²) in [6.07, 6.45) is 9.25. The molecule has 4 saturated carbocycles. The van der Waals surface area contributed by atoms with Crippen molar-refractivity contribution in [2.75, 3.05) is 16.8 Å². The van der Waals surface area contributed by atoms with Gasteiger partial charge in [0.1, 0.15) is 6.04 Å². The predicted molar refractivity (Wildman–Crippen MR) is 110 cm³/mol. The number of nitrogens with one attached hydrogen (secondary N) is 2. The molecule has 0 unspecified atom stereocenters. The molecule has 28 heavy (non-hydrogen) atoms. The van der Waals surface area contributed by atoms with Gasteiger partial charge >= 0.3 is 0 Å². The van der Waals surface area contributed by atoms with Gasteiger partial charge < -0.3 is 15.5 Å². The van der Waals surface area contributed by atoms with Crippen LogP contribution in [0.5, 0.6) is 0 Å². The first-order valence-corrected chi connectivity index (χ1v) is 11.0. The Morgan fingerprint density at radius 3 is 2.21 bits per heavy atom. The molecule has 1 heterocycles. The lowest BCUT2D eigenvalue weighted by Gasteiger charge is -2.57. The third-order valence-corrected chi connectivity index (χ3v) is 7.46. The quantitative estimate of drug-likeness (QED) is 0.818. The van der Waals surface area contributed by atoms with Crippen LogP contribution < -0.4 is 15.5 Å². The Morgan fingerprint density at radius 2 is 1.68 bits per heavy atom. The highest BCUT2D eigenvalue weighted by molar-refractivity contribution is 5.95. The molecule has 2 N–H and O–H groups in total. The molecule has 4 aliphatic carbocycles. The van der Waals surface area contributed by atoms with Crippen LogP contribution in [0.3, 0.4) is 0 Å². The zero-order valence-corrected chi connectivity index (χ0v) is 16.7. The lowest BCUT2D eigenvalue weighted by Crippen LogP contribution is -2.61. The molecule has 1 atom stereocenters. The number of amides is 2. The van der Waals surface area contributed by atoms with Gasteiger partial charge in [0.15, 0.2) is 0 Å². The number of anilines is 2. The summed E-state index contributed by atoms with van der Waals surface area (Å²) in [5, 5.41) is 6.79. The second kappa shape index (κ2) is 6.78. The van der Waals surface area contributed by atoms with Gasteiger partial charge in [-0.05, 0) is 93.9 Å². The van der Waals surface area contributed by atoms with Crippen molar-refractivity contribution in [1.29, 1.82) is 0 Å². The molecule has 2 amide bonds. The summed E-state index contributed by atoms with van der Waals surface area (Å²) in [5.41, 5.74) is 1.92. The highest BCUT2D eigenvalue weighted by atomic mass is 16.2. The van der Waals surface area contributed by atoms with Crippen molar-refractivity contribution in [3.63, 3.8) is 0 Å². The van der Waals surface area contributed by atoms with Crippen molar-refractivity contribution < 1.29 is 9.59 Å². The summed E-state index contributed by atoms with van der Waals surface area (Å²) >= 11 is 0. The summed E-state index contributed by atoms with van der Waals surface area (Å²) in [6.45, 7) is 2.74. The van der Waals surface area contributed by atoms with E-state index in [4.69, 9.17) is 0 Å². The zero-order chi connectivity index (χ0) is 19.3. The van der Waals surface area contributed by atoms with Gasteiger partial charge in [0.05, 0.1) is 0 Å². The fraction of sp³-hybridized carbons (Fsp3) is 0.652. The first-order chi connectivity index (χ1) is 13.5. The summed E-state index contributed by atoms with van der Waals surface area (Å²) in [6, 6.07) is 7.60. The number of rotatable bonds is 5. The van der Waals surface area contributed by atoms with Gasteiger partial charge in [-0.3, -0.25) is 9.59 Å². The molecular weight excluding hydrogens is 350 g/mol. The number of hydrogen-bond acceptors (Lipinski definition) is 3. The molecule has 1 aromatic carbocycles. The second-order valence-corrected chi connectivity index (χ2v) is 9.75. The number of nitrogens with zero attached hydrogens (tertiary/aromatic N) is 1. The topological polar surface area (TPSA) is 61.4 Å². The van der Waals surface area contributed by atoms with Crippen LogP contribution >= 0.6 is 0 Å². The van der Waals surface area contributed by atoms with Crippen molar-refractivity contribution in [2.45, 2.75) is 69.9 Å². The van der Waals surface area contributed by atoms with Crippen molar-refractivity contribution in [2.24, 2.45) is 17.8 Å². The second-order valence-electron chi connectivity index (χ2n) is 9.75. The van der Waals surface area contributed by atoms with E-state index in [1.54, 1.807) is 0 Å². The first kappa shape index (κ1) is 18.0. The van der Waals surface area contributed by atoms with E-state index in [9.17, 15) is 9.59 Å². The van der Waals surface area contributed by atoms with E-state index >= 15 is 0 Å². The Labute approximate surface area is 167 Å². The van der Waals surface area contributed by atoms with E-state index in [0.717, 1.165) is 42.1 Å². The maximum atomic E-state index is 12.9.